The van der Waals surface area contributed by atoms with Crippen LogP contribution in [0.3, 0.4) is 0 Å². The number of pyridine rings is 1. The highest BCUT2D eigenvalue weighted by molar-refractivity contribution is 5.77. The minimum atomic E-state index is -0.0143. The number of nitrogens with zero attached hydrogens (tertiary/aromatic N) is 4. The molecule has 3 heterocycles. The Labute approximate surface area is 176 Å². The number of hydrogen-bond donors (Lipinski definition) is 1. The molecule has 0 bridgehead atoms. The molecule has 4 rings (SSSR count). The van der Waals surface area contributed by atoms with Crippen LogP contribution in [0.15, 0.2) is 61.1 Å². The van der Waals surface area contributed by atoms with Gasteiger partial charge in [0.05, 0.1) is 31.0 Å². The molecule has 7 heteroatoms. The van der Waals surface area contributed by atoms with Crippen LogP contribution in [-0.4, -0.2) is 38.9 Å². The van der Waals surface area contributed by atoms with Crippen LogP contribution < -0.4 is 10.1 Å². The number of carbonyl (C=O) groups excluding carboxylic acids is 1. The van der Waals surface area contributed by atoms with Crippen molar-refractivity contribution in [3.8, 4) is 5.75 Å². The van der Waals surface area contributed by atoms with Gasteiger partial charge >= 0.3 is 0 Å². The zero-order chi connectivity index (χ0) is 20.8. The van der Waals surface area contributed by atoms with Crippen LogP contribution in [0.5, 0.6) is 5.75 Å². The molecular formula is C23H25N5O2. The number of hydrogen-bond acceptors (Lipinski definition) is 6. The van der Waals surface area contributed by atoms with Gasteiger partial charge in [-0.15, -0.1) is 0 Å². The molecule has 1 atom stereocenters. The Morgan fingerprint density at radius 3 is 2.90 bits per heavy atom. The second kappa shape index (κ2) is 9.35. The molecule has 1 aromatic carbocycles. The second-order valence-corrected chi connectivity index (χ2v) is 7.27. The van der Waals surface area contributed by atoms with Gasteiger partial charge < -0.3 is 15.0 Å². The summed E-state index contributed by atoms with van der Waals surface area (Å²) in [5, 5.41) is 3.16. The predicted octanol–water partition coefficient (Wildman–Crippen LogP) is 4.06. The van der Waals surface area contributed by atoms with E-state index in [-0.39, 0.29) is 11.9 Å². The van der Waals surface area contributed by atoms with Gasteiger partial charge in [-0.2, -0.15) is 0 Å². The van der Waals surface area contributed by atoms with E-state index < -0.39 is 0 Å². The fourth-order valence-electron chi connectivity index (χ4n) is 3.68. The number of para-hydroxylation sites is 1. The van der Waals surface area contributed by atoms with Gasteiger partial charge in [-0.25, -0.2) is 9.97 Å². The molecule has 1 saturated heterocycles. The van der Waals surface area contributed by atoms with Gasteiger partial charge in [-0.05, 0) is 43.5 Å². The van der Waals surface area contributed by atoms with Crippen LogP contribution >= 0.6 is 0 Å². The zero-order valence-corrected chi connectivity index (χ0v) is 17.0. The highest BCUT2D eigenvalue weighted by atomic mass is 16.5. The Kier molecular flexibility index (Phi) is 6.17. The quantitative estimate of drug-likeness (QED) is 0.641. The third kappa shape index (κ3) is 4.74. The third-order valence-electron chi connectivity index (χ3n) is 5.17. The van der Waals surface area contributed by atoms with Gasteiger partial charge in [-0.1, -0.05) is 24.3 Å². The van der Waals surface area contributed by atoms with E-state index in [1.165, 1.54) is 0 Å². The summed E-state index contributed by atoms with van der Waals surface area (Å²) in [6.45, 7) is 3.12. The zero-order valence-electron chi connectivity index (χ0n) is 17.0. The predicted molar refractivity (Wildman–Crippen MR) is 115 cm³/mol. The van der Waals surface area contributed by atoms with Crippen molar-refractivity contribution < 1.29 is 9.53 Å². The summed E-state index contributed by atoms with van der Waals surface area (Å²) < 4.78 is 5.81. The lowest BCUT2D eigenvalue weighted by molar-refractivity contribution is -0.132. The summed E-state index contributed by atoms with van der Waals surface area (Å²) in [6.07, 6.45) is 7.13. The van der Waals surface area contributed by atoms with Crippen molar-refractivity contribution in [3.05, 3.63) is 72.3 Å². The molecule has 1 aliphatic heterocycles. The van der Waals surface area contributed by atoms with Crippen LogP contribution in [0.25, 0.3) is 0 Å². The highest BCUT2D eigenvalue weighted by Gasteiger charge is 2.30. The van der Waals surface area contributed by atoms with E-state index in [2.05, 4.69) is 15.3 Å². The normalized spacial score (nSPS) is 15.8. The second-order valence-electron chi connectivity index (χ2n) is 7.27. The molecule has 3 aromatic rings. The van der Waals surface area contributed by atoms with Gasteiger partial charge in [0, 0.05) is 18.9 Å². The Morgan fingerprint density at radius 1 is 1.17 bits per heavy atom. The van der Waals surface area contributed by atoms with Gasteiger partial charge in [0.2, 0.25) is 5.91 Å². The minimum Gasteiger partial charge on any atom is -0.493 e. The summed E-state index contributed by atoms with van der Waals surface area (Å²) in [5.41, 5.74) is 1.95. The number of anilines is 2. The monoisotopic (exact) mass is 403 g/mol. The number of aryl methyl sites for hydroxylation is 1. The smallest absolute Gasteiger partial charge is 0.226 e. The van der Waals surface area contributed by atoms with Crippen molar-refractivity contribution in [2.75, 3.05) is 18.5 Å². The maximum absolute atomic E-state index is 12.9. The first-order chi connectivity index (χ1) is 14.7. The molecule has 0 saturated carbocycles. The summed E-state index contributed by atoms with van der Waals surface area (Å²) in [4.78, 5) is 27.8. The molecule has 0 unspecified atom stereocenters. The molecule has 0 spiro atoms. The lowest BCUT2D eigenvalue weighted by Gasteiger charge is -2.25. The van der Waals surface area contributed by atoms with Gasteiger partial charge in [-0.3, -0.25) is 9.78 Å². The van der Waals surface area contributed by atoms with Gasteiger partial charge in [0.15, 0.2) is 0 Å². The first-order valence-electron chi connectivity index (χ1n) is 10.2. The molecule has 1 N–H and O–H groups in total. The Bertz CT molecular complexity index is 996. The van der Waals surface area contributed by atoms with E-state index in [1.54, 1.807) is 18.6 Å². The summed E-state index contributed by atoms with van der Waals surface area (Å²) in [6, 6.07) is 13.6. The lowest BCUT2D eigenvalue weighted by Crippen LogP contribution is -2.32. The first-order valence-corrected chi connectivity index (χ1v) is 10.2. The molecule has 0 aliphatic carbocycles. The van der Waals surface area contributed by atoms with Crippen molar-refractivity contribution in [1.82, 2.24) is 19.9 Å². The minimum absolute atomic E-state index is 0.0143. The third-order valence-corrected chi connectivity index (χ3v) is 5.17. The number of benzene rings is 1. The standard InChI is InChI=1S/C23H25N5O2/c1-17-6-2-3-9-20(17)30-15-11-23(29)28-14-5-8-19(28)18-7-4-10-21(26-18)27-22-16-24-12-13-25-22/h2-4,6-7,9-10,12-13,16,19H,5,8,11,14-15H2,1H3,(H,25,26,27)/t19-/m0/s1. The van der Waals surface area contributed by atoms with Gasteiger partial charge in [0.25, 0.3) is 0 Å². The molecule has 30 heavy (non-hydrogen) atoms. The van der Waals surface area contributed by atoms with Crippen molar-refractivity contribution in [2.45, 2.75) is 32.2 Å². The molecule has 154 valence electrons. The number of carbonyl (C=O) groups is 1. The molecule has 7 nitrogen and oxygen atoms in total. The summed E-state index contributed by atoms with van der Waals surface area (Å²) in [7, 11) is 0. The summed E-state index contributed by atoms with van der Waals surface area (Å²) >= 11 is 0. The van der Waals surface area contributed by atoms with E-state index in [1.807, 2.05) is 54.3 Å². The van der Waals surface area contributed by atoms with Crippen LogP contribution in [0, 0.1) is 6.92 Å². The Hall–Kier alpha value is -3.48. The van der Waals surface area contributed by atoms with Crippen molar-refractivity contribution in [3.63, 3.8) is 0 Å². The number of likely N-dealkylation sites (tertiary alicyclic amines) is 1. The van der Waals surface area contributed by atoms with Crippen LogP contribution in [0.1, 0.15) is 36.6 Å². The van der Waals surface area contributed by atoms with Gasteiger partial charge in [0.1, 0.15) is 17.4 Å². The lowest BCUT2D eigenvalue weighted by atomic mass is 10.1. The maximum Gasteiger partial charge on any atom is 0.226 e. The molecule has 1 fully saturated rings. The van der Waals surface area contributed by atoms with E-state index >= 15 is 0 Å². The molecule has 2 aromatic heterocycles. The Morgan fingerprint density at radius 2 is 2.07 bits per heavy atom. The SMILES string of the molecule is Cc1ccccc1OCCC(=O)N1CCC[C@H]1c1cccc(Nc2cnccn2)n1. The molecule has 1 aliphatic rings. The number of amides is 1. The number of nitrogens with one attached hydrogen (secondary N) is 1. The van der Waals surface area contributed by atoms with Crippen molar-refractivity contribution >= 4 is 17.5 Å². The first kappa shape index (κ1) is 19.8. The molecular weight excluding hydrogens is 378 g/mol. The van der Waals surface area contributed by atoms with Crippen molar-refractivity contribution in [1.29, 1.82) is 0 Å². The number of rotatable bonds is 7. The maximum atomic E-state index is 12.9. The molecule has 0 radical (unpaired) electrons. The largest absolute Gasteiger partial charge is 0.493 e. The average molecular weight is 403 g/mol. The average Bonchev–Trinajstić information content (AvgIpc) is 3.26. The fourth-order valence-corrected chi connectivity index (χ4v) is 3.68. The highest BCUT2D eigenvalue weighted by Crippen LogP contribution is 2.32. The van der Waals surface area contributed by atoms with E-state index in [0.717, 1.165) is 36.4 Å². The fraction of sp³-hybridized carbons (Fsp3) is 0.304. The number of ether oxygens (including phenoxy) is 1. The Balaban J connectivity index is 1.39. The van der Waals surface area contributed by atoms with E-state index in [9.17, 15) is 4.79 Å². The number of aromatic nitrogens is 3. The van der Waals surface area contributed by atoms with E-state index in [0.29, 0.717) is 24.7 Å². The van der Waals surface area contributed by atoms with Crippen LogP contribution in [0.2, 0.25) is 0 Å². The summed E-state index contributed by atoms with van der Waals surface area (Å²) in [5.74, 6) is 2.25. The van der Waals surface area contributed by atoms with Crippen LogP contribution in [0.4, 0.5) is 11.6 Å². The molecule has 1 amide bonds. The van der Waals surface area contributed by atoms with Crippen molar-refractivity contribution in [2.24, 2.45) is 0 Å². The van der Waals surface area contributed by atoms with E-state index in [4.69, 9.17) is 9.72 Å². The topological polar surface area (TPSA) is 80.2 Å². The van der Waals surface area contributed by atoms with Crippen LogP contribution in [-0.2, 0) is 4.79 Å².